The number of rotatable bonds is 4. The van der Waals surface area contributed by atoms with Gasteiger partial charge in [0.05, 0.1) is 17.0 Å². The number of hydrogen-bond donors (Lipinski definition) is 0. The second-order valence-corrected chi connectivity index (χ2v) is 6.00. The maximum absolute atomic E-state index is 14.0. The van der Waals surface area contributed by atoms with Gasteiger partial charge in [-0.15, -0.1) is 0 Å². The van der Waals surface area contributed by atoms with Gasteiger partial charge >= 0.3 is 5.97 Å². The zero-order valence-corrected chi connectivity index (χ0v) is 13.5. The first-order chi connectivity index (χ1) is 10.0. The number of likely N-dealkylation sites (tertiary alicyclic amines) is 1. The largest absolute Gasteiger partial charge is 0.466 e. The average Bonchev–Trinajstić information content (AvgIpc) is 2.48. The third-order valence-electron chi connectivity index (χ3n) is 3.65. The van der Waals surface area contributed by atoms with Crippen LogP contribution in [0.2, 0.25) is 0 Å². The van der Waals surface area contributed by atoms with Crippen molar-refractivity contribution >= 4 is 21.9 Å². The molecule has 2 rings (SSSR count). The molecule has 0 aromatic heterocycles. The molecule has 0 amide bonds. The van der Waals surface area contributed by atoms with Crippen LogP contribution in [0.3, 0.4) is 0 Å². The van der Waals surface area contributed by atoms with E-state index in [4.69, 9.17) is 4.74 Å². The summed E-state index contributed by atoms with van der Waals surface area (Å²) in [5.41, 5.74) is 0.0360. The summed E-state index contributed by atoms with van der Waals surface area (Å²) in [4.78, 5) is 13.7. The number of piperidine rings is 1. The minimum Gasteiger partial charge on any atom is -0.466 e. The molecule has 21 heavy (non-hydrogen) atoms. The normalized spacial score (nSPS) is 19.5. The molecule has 1 atom stereocenters. The molecule has 1 unspecified atom stereocenters. The Morgan fingerprint density at radius 3 is 2.95 bits per heavy atom. The van der Waals surface area contributed by atoms with Gasteiger partial charge in [-0.2, -0.15) is 0 Å². The molecule has 1 aliphatic heterocycles. The Bertz CT molecular complexity index is 525. The van der Waals surface area contributed by atoms with Gasteiger partial charge in [0.1, 0.15) is 11.6 Å². The Kier molecular flexibility index (Phi) is 5.70. The highest BCUT2D eigenvalue weighted by Crippen LogP contribution is 2.25. The Balaban J connectivity index is 2.06. The fourth-order valence-electron chi connectivity index (χ4n) is 2.59. The second-order valence-electron chi connectivity index (χ2n) is 5.15. The number of esters is 1. The van der Waals surface area contributed by atoms with Crippen LogP contribution in [0, 0.1) is 17.6 Å². The van der Waals surface area contributed by atoms with Gasteiger partial charge in [-0.25, -0.2) is 8.78 Å². The topological polar surface area (TPSA) is 29.5 Å². The van der Waals surface area contributed by atoms with E-state index >= 15 is 0 Å². The number of carbonyl (C=O) groups is 1. The van der Waals surface area contributed by atoms with Crippen LogP contribution in [-0.4, -0.2) is 30.6 Å². The molecular formula is C15H18BrF2NO2. The summed E-state index contributed by atoms with van der Waals surface area (Å²) in [5.74, 6) is -1.57. The van der Waals surface area contributed by atoms with Gasteiger partial charge in [-0.1, -0.05) is 0 Å². The van der Waals surface area contributed by atoms with Crippen molar-refractivity contribution < 1.29 is 18.3 Å². The van der Waals surface area contributed by atoms with Crippen molar-refractivity contribution in [2.24, 2.45) is 5.92 Å². The predicted molar refractivity (Wildman–Crippen MR) is 78.7 cm³/mol. The molecule has 0 radical (unpaired) electrons. The van der Waals surface area contributed by atoms with Crippen LogP contribution in [0.5, 0.6) is 0 Å². The van der Waals surface area contributed by atoms with Crippen molar-refractivity contribution in [3.8, 4) is 0 Å². The van der Waals surface area contributed by atoms with E-state index in [1.54, 1.807) is 6.92 Å². The van der Waals surface area contributed by atoms with E-state index in [-0.39, 0.29) is 28.5 Å². The van der Waals surface area contributed by atoms with E-state index in [0.29, 0.717) is 13.2 Å². The molecule has 1 aromatic carbocycles. The maximum Gasteiger partial charge on any atom is 0.310 e. The highest BCUT2D eigenvalue weighted by Gasteiger charge is 2.28. The average molecular weight is 362 g/mol. The summed E-state index contributed by atoms with van der Waals surface area (Å²) in [6.45, 7) is 3.48. The lowest BCUT2D eigenvalue weighted by Crippen LogP contribution is -2.39. The van der Waals surface area contributed by atoms with Gasteiger partial charge in [-0.05, 0) is 54.4 Å². The van der Waals surface area contributed by atoms with Crippen molar-refractivity contribution in [1.29, 1.82) is 0 Å². The van der Waals surface area contributed by atoms with E-state index in [1.807, 2.05) is 4.90 Å². The number of hydrogen-bond acceptors (Lipinski definition) is 3. The SMILES string of the molecule is CCOC(=O)C1CCCN(Cc2c(F)ccc(Br)c2F)C1. The van der Waals surface area contributed by atoms with Gasteiger partial charge in [0, 0.05) is 18.7 Å². The van der Waals surface area contributed by atoms with E-state index in [2.05, 4.69) is 15.9 Å². The lowest BCUT2D eigenvalue weighted by atomic mass is 9.97. The van der Waals surface area contributed by atoms with Crippen LogP contribution in [0.1, 0.15) is 25.3 Å². The summed E-state index contributed by atoms with van der Waals surface area (Å²) in [5, 5.41) is 0. The summed E-state index contributed by atoms with van der Waals surface area (Å²) >= 11 is 3.07. The van der Waals surface area contributed by atoms with Crippen molar-refractivity contribution in [2.75, 3.05) is 19.7 Å². The molecular weight excluding hydrogens is 344 g/mol. The molecule has 1 fully saturated rings. The van der Waals surface area contributed by atoms with Crippen molar-refractivity contribution in [3.63, 3.8) is 0 Å². The van der Waals surface area contributed by atoms with Crippen LogP contribution < -0.4 is 0 Å². The molecule has 3 nitrogen and oxygen atoms in total. The standard InChI is InChI=1S/C15H18BrF2NO2/c1-2-21-15(20)10-4-3-7-19(8-10)9-11-13(17)6-5-12(16)14(11)18/h5-6,10H,2-4,7-9H2,1H3. The highest BCUT2D eigenvalue weighted by atomic mass is 79.9. The molecule has 6 heteroatoms. The van der Waals surface area contributed by atoms with E-state index < -0.39 is 11.6 Å². The van der Waals surface area contributed by atoms with E-state index in [1.165, 1.54) is 12.1 Å². The minimum absolute atomic E-state index is 0.0360. The zero-order valence-electron chi connectivity index (χ0n) is 11.9. The molecule has 1 saturated heterocycles. The molecule has 1 heterocycles. The first-order valence-electron chi connectivity index (χ1n) is 7.04. The smallest absolute Gasteiger partial charge is 0.310 e. The second kappa shape index (κ2) is 7.31. The Hall–Kier alpha value is -1.01. The zero-order chi connectivity index (χ0) is 15.4. The van der Waals surface area contributed by atoms with Crippen LogP contribution in [0.4, 0.5) is 8.78 Å². The fourth-order valence-corrected chi connectivity index (χ4v) is 2.96. The van der Waals surface area contributed by atoms with Crippen LogP contribution in [0.15, 0.2) is 16.6 Å². The predicted octanol–water partition coefficient (Wildman–Crippen LogP) is 3.50. The maximum atomic E-state index is 14.0. The number of nitrogens with zero attached hydrogens (tertiary/aromatic N) is 1. The molecule has 0 saturated carbocycles. The molecule has 0 N–H and O–H groups in total. The molecule has 0 bridgehead atoms. The highest BCUT2D eigenvalue weighted by molar-refractivity contribution is 9.10. The Morgan fingerprint density at radius 2 is 2.24 bits per heavy atom. The quantitative estimate of drug-likeness (QED) is 0.607. The number of halogens is 3. The van der Waals surface area contributed by atoms with Gasteiger partial charge in [0.25, 0.3) is 0 Å². The number of carbonyl (C=O) groups excluding carboxylic acids is 1. The lowest BCUT2D eigenvalue weighted by molar-refractivity contribution is -0.150. The van der Waals surface area contributed by atoms with Crippen LogP contribution >= 0.6 is 15.9 Å². The van der Waals surface area contributed by atoms with E-state index in [9.17, 15) is 13.6 Å². The van der Waals surface area contributed by atoms with Gasteiger partial charge < -0.3 is 4.74 Å². The molecule has 1 aliphatic rings. The van der Waals surface area contributed by atoms with Gasteiger partial charge in [0.15, 0.2) is 0 Å². The molecule has 116 valence electrons. The van der Waals surface area contributed by atoms with Crippen molar-refractivity contribution in [1.82, 2.24) is 4.90 Å². The fraction of sp³-hybridized carbons (Fsp3) is 0.533. The molecule has 0 spiro atoms. The number of benzene rings is 1. The molecule has 0 aliphatic carbocycles. The third kappa shape index (κ3) is 4.01. The van der Waals surface area contributed by atoms with Crippen molar-refractivity contribution in [2.45, 2.75) is 26.3 Å². The number of ether oxygens (including phenoxy) is 1. The molecule has 1 aromatic rings. The third-order valence-corrected chi connectivity index (χ3v) is 4.26. The van der Waals surface area contributed by atoms with Crippen LogP contribution in [0.25, 0.3) is 0 Å². The van der Waals surface area contributed by atoms with Crippen LogP contribution in [-0.2, 0) is 16.1 Å². The lowest BCUT2D eigenvalue weighted by Gasteiger charge is -2.31. The summed E-state index contributed by atoms with van der Waals surface area (Å²) in [6, 6.07) is 2.60. The van der Waals surface area contributed by atoms with Gasteiger partial charge in [-0.3, -0.25) is 9.69 Å². The summed E-state index contributed by atoms with van der Waals surface area (Å²) in [7, 11) is 0. The Labute approximate surface area is 131 Å². The Morgan fingerprint density at radius 1 is 1.48 bits per heavy atom. The van der Waals surface area contributed by atoms with Gasteiger partial charge in [0.2, 0.25) is 0 Å². The first-order valence-corrected chi connectivity index (χ1v) is 7.83. The first kappa shape index (κ1) is 16.4. The monoisotopic (exact) mass is 361 g/mol. The van der Waals surface area contributed by atoms with Crippen molar-refractivity contribution in [3.05, 3.63) is 33.8 Å². The summed E-state index contributed by atoms with van der Waals surface area (Å²) < 4.78 is 33.0. The summed E-state index contributed by atoms with van der Waals surface area (Å²) in [6.07, 6.45) is 1.58. The minimum atomic E-state index is -0.576. The van der Waals surface area contributed by atoms with E-state index in [0.717, 1.165) is 19.4 Å².